The van der Waals surface area contributed by atoms with Gasteiger partial charge in [0.15, 0.2) is 0 Å². The number of primary amides is 1. The molecule has 0 spiro atoms. The van der Waals surface area contributed by atoms with Gasteiger partial charge in [-0.2, -0.15) is 4.98 Å². The number of rotatable bonds is 8. The minimum Gasteiger partial charge on any atom is -0.491 e. The van der Waals surface area contributed by atoms with Gasteiger partial charge in [-0.15, -0.1) is 0 Å². The number of nitrogens with one attached hydrogen (secondary N) is 1. The van der Waals surface area contributed by atoms with Crippen LogP contribution in [0.15, 0.2) is 36.8 Å². The lowest BCUT2D eigenvalue weighted by atomic mass is 10.1. The summed E-state index contributed by atoms with van der Waals surface area (Å²) in [5.74, 6) is 2.10. The number of benzene rings is 1. The van der Waals surface area contributed by atoms with E-state index in [-0.39, 0.29) is 19.2 Å². The third-order valence-electron chi connectivity index (χ3n) is 6.30. The van der Waals surface area contributed by atoms with E-state index >= 15 is 0 Å². The Morgan fingerprint density at radius 1 is 1.14 bits per heavy atom. The number of aliphatic hydroxyl groups excluding tert-OH is 1. The van der Waals surface area contributed by atoms with Gasteiger partial charge in [0.25, 0.3) is 0 Å². The minimum absolute atomic E-state index is 0.0219. The maximum absolute atomic E-state index is 11.5. The fraction of sp³-hybridized carbons (Fsp3) is 0.423. The zero-order chi connectivity index (χ0) is 25.7. The molecule has 0 saturated carbocycles. The van der Waals surface area contributed by atoms with E-state index in [9.17, 15) is 4.79 Å². The molecule has 1 aromatic carbocycles. The molecule has 1 aliphatic rings. The third-order valence-corrected chi connectivity index (χ3v) is 6.30. The number of carbonyl (C=O) groups excluding carboxylic acids is 1. The highest BCUT2D eigenvalue weighted by atomic mass is 16.5. The number of anilines is 2. The van der Waals surface area contributed by atoms with Crippen molar-refractivity contribution in [3.05, 3.63) is 59.0 Å². The third kappa shape index (κ3) is 6.13. The van der Waals surface area contributed by atoms with E-state index in [0.29, 0.717) is 19.0 Å². The first kappa shape index (κ1) is 25.5. The summed E-state index contributed by atoms with van der Waals surface area (Å²) >= 11 is 0. The average Bonchev–Trinajstić information content (AvgIpc) is 3.16. The molecule has 3 heterocycles. The molecule has 4 rings (SSSR count). The van der Waals surface area contributed by atoms with Crippen molar-refractivity contribution in [2.45, 2.75) is 33.7 Å². The average molecular weight is 494 g/mol. The van der Waals surface area contributed by atoms with Crippen molar-refractivity contribution >= 4 is 17.7 Å². The monoisotopic (exact) mass is 493 g/mol. The zero-order valence-electron chi connectivity index (χ0n) is 21.2. The van der Waals surface area contributed by atoms with Crippen molar-refractivity contribution in [2.24, 2.45) is 5.73 Å². The van der Waals surface area contributed by atoms with Gasteiger partial charge in [-0.25, -0.2) is 9.78 Å². The van der Waals surface area contributed by atoms with Gasteiger partial charge in [-0.05, 0) is 62.1 Å². The summed E-state index contributed by atoms with van der Waals surface area (Å²) in [5, 5.41) is 12.4. The van der Waals surface area contributed by atoms with Crippen molar-refractivity contribution in [2.75, 3.05) is 44.7 Å². The first-order valence-corrected chi connectivity index (χ1v) is 12.2. The summed E-state index contributed by atoms with van der Waals surface area (Å²) in [6, 6.07) is 5.72. The molecule has 1 fully saturated rings. The number of ether oxygens (including phenoxy) is 1. The van der Waals surface area contributed by atoms with Gasteiger partial charge in [0, 0.05) is 62.6 Å². The number of aliphatic hydroxyl groups is 1. The Balaban J connectivity index is 1.46. The van der Waals surface area contributed by atoms with Crippen LogP contribution in [-0.2, 0) is 6.54 Å². The normalized spacial score (nSPS) is 14.5. The number of hydrogen-bond acceptors (Lipinski definition) is 7. The summed E-state index contributed by atoms with van der Waals surface area (Å²) in [5.41, 5.74) is 10.4. The molecule has 192 valence electrons. The molecule has 2 aromatic heterocycles. The molecule has 2 amide bonds. The highest BCUT2D eigenvalue weighted by Crippen LogP contribution is 2.28. The Bertz CT molecular complexity index is 1190. The number of aryl methyl sites for hydroxylation is 3. The van der Waals surface area contributed by atoms with E-state index in [1.165, 1.54) is 5.56 Å². The molecule has 36 heavy (non-hydrogen) atoms. The van der Waals surface area contributed by atoms with Crippen LogP contribution in [0.25, 0.3) is 5.82 Å². The Labute approximate surface area is 211 Å². The fourth-order valence-electron chi connectivity index (χ4n) is 4.56. The molecule has 1 aliphatic heterocycles. The molecule has 10 heteroatoms. The predicted molar refractivity (Wildman–Crippen MR) is 139 cm³/mol. The van der Waals surface area contributed by atoms with Crippen LogP contribution in [-0.4, -0.2) is 74.9 Å². The van der Waals surface area contributed by atoms with Crippen LogP contribution in [0, 0.1) is 20.8 Å². The molecule has 1 saturated heterocycles. The van der Waals surface area contributed by atoms with Crippen LogP contribution < -0.4 is 15.8 Å². The number of hydrogen-bond donors (Lipinski definition) is 3. The number of nitrogens with two attached hydrogens (primary N) is 1. The maximum atomic E-state index is 11.5. The number of aromatic nitrogens is 3. The van der Waals surface area contributed by atoms with Crippen molar-refractivity contribution in [1.82, 2.24) is 24.3 Å². The van der Waals surface area contributed by atoms with Crippen molar-refractivity contribution in [3.8, 4) is 11.6 Å². The van der Waals surface area contributed by atoms with E-state index in [4.69, 9.17) is 20.6 Å². The van der Waals surface area contributed by atoms with Crippen molar-refractivity contribution < 1.29 is 14.6 Å². The number of amides is 2. The molecule has 0 bridgehead atoms. The Morgan fingerprint density at radius 3 is 2.64 bits per heavy atom. The van der Waals surface area contributed by atoms with Gasteiger partial charge in [0.2, 0.25) is 5.95 Å². The second-order valence-electron chi connectivity index (χ2n) is 9.22. The van der Waals surface area contributed by atoms with E-state index in [1.807, 2.05) is 49.9 Å². The highest BCUT2D eigenvalue weighted by Gasteiger charge is 2.18. The molecule has 4 N–H and O–H groups in total. The lowest BCUT2D eigenvalue weighted by Crippen LogP contribution is -2.38. The number of carbonyl (C=O) groups is 1. The quantitative estimate of drug-likeness (QED) is 0.441. The second kappa shape index (κ2) is 11.4. The summed E-state index contributed by atoms with van der Waals surface area (Å²) in [6.45, 7) is 10.1. The summed E-state index contributed by atoms with van der Waals surface area (Å²) in [6.07, 6.45) is 6.84. The highest BCUT2D eigenvalue weighted by molar-refractivity contribution is 5.72. The Kier molecular flexibility index (Phi) is 8.07. The fourth-order valence-corrected chi connectivity index (χ4v) is 4.56. The molecule has 0 atom stereocenters. The Morgan fingerprint density at radius 2 is 1.92 bits per heavy atom. The van der Waals surface area contributed by atoms with Crippen LogP contribution >= 0.6 is 0 Å². The molecule has 0 radical (unpaired) electrons. The van der Waals surface area contributed by atoms with Crippen LogP contribution in [0.4, 0.5) is 16.4 Å². The van der Waals surface area contributed by atoms with E-state index in [1.54, 1.807) is 4.90 Å². The largest absolute Gasteiger partial charge is 0.491 e. The summed E-state index contributed by atoms with van der Waals surface area (Å²) < 4.78 is 7.68. The number of nitrogens with zero attached hydrogens (tertiary/aromatic N) is 5. The lowest BCUT2D eigenvalue weighted by molar-refractivity contribution is 0.200. The summed E-state index contributed by atoms with van der Waals surface area (Å²) in [7, 11) is 0. The molecule has 10 nitrogen and oxygen atoms in total. The zero-order valence-corrected chi connectivity index (χ0v) is 21.2. The molecule has 0 unspecified atom stereocenters. The Hall–Kier alpha value is -3.63. The van der Waals surface area contributed by atoms with E-state index in [0.717, 1.165) is 60.0 Å². The van der Waals surface area contributed by atoms with Gasteiger partial charge >= 0.3 is 6.03 Å². The smallest absolute Gasteiger partial charge is 0.314 e. The van der Waals surface area contributed by atoms with Gasteiger partial charge in [-0.1, -0.05) is 0 Å². The van der Waals surface area contributed by atoms with E-state index < -0.39 is 0 Å². The SMILES string of the molecule is Cc1cnc(Nc2cc(C)c(OCCO)c(C)c2)nc1-n1ccc(CN2CCCN(C(N)=O)CC2)c1. The van der Waals surface area contributed by atoms with Gasteiger partial charge < -0.3 is 30.4 Å². The second-order valence-corrected chi connectivity index (χ2v) is 9.22. The maximum Gasteiger partial charge on any atom is 0.314 e. The van der Waals surface area contributed by atoms with Gasteiger partial charge in [0.05, 0.1) is 6.61 Å². The number of urea groups is 1. The topological polar surface area (TPSA) is 122 Å². The van der Waals surface area contributed by atoms with Crippen LogP contribution in [0.5, 0.6) is 5.75 Å². The van der Waals surface area contributed by atoms with Crippen LogP contribution in [0.1, 0.15) is 28.7 Å². The van der Waals surface area contributed by atoms with Crippen LogP contribution in [0.2, 0.25) is 0 Å². The van der Waals surface area contributed by atoms with Crippen molar-refractivity contribution in [1.29, 1.82) is 0 Å². The lowest BCUT2D eigenvalue weighted by Gasteiger charge is -2.20. The summed E-state index contributed by atoms with van der Waals surface area (Å²) in [4.78, 5) is 24.8. The molecular formula is C26H35N7O3. The van der Waals surface area contributed by atoms with Crippen molar-refractivity contribution in [3.63, 3.8) is 0 Å². The van der Waals surface area contributed by atoms with Gasteiger partial charge in [-0.3, -0.25) is 4.90 Å². The first-order chi connectivity index (χ1) is 17.3. The first-order valence-electron chi connectivity index (χ1n) is 12.2. The molecule has 3 aromatic rings. The minimum atomic E-state index is -0.344. The molecular weight excluding hydrogens is 458 g/mol. The van der Waals surface area contributed by atoms with Gasteiger partial charge in [0.1, 0.15) is 18.2 Å². The standard InChI is InChI=1S/C26H35N7O3/c1-18-13-22(14-19(2)23(18)36-12-11-34)29-26-28-15-20(3)24(30-26)33-8-5-21(17-33)16-31-6-4-7-32(10-9-31)25(27)35/h5,8,13-15,17,34H,4,6-7,9-12,16H2,1-3H3,(H2,27,35)(H,28,29,30). The predicted octanol–water partition coefficient (Wildman–Crippen LogP) is 2.89. The molecule has 0 aliphatic carbocycles. The van der Waals surface area contributed by atoms with Crippen LogP contribution in [0.3, 0.4) is 0 Å². The van der Waals surface area contributed by atoms with E-state index in [2.05, 4.69) is 27.5 Å².